The highest BCUT2D eigenvalue weighted by molar-refractivity contribution is 7.89. The number of aromatic hydroxyl groups is 1. The molecule has 1 saturated heterocycles. The number of nitrogens with one attached hydrogen (secondary N) is 1. The predicted octanol–water partition coefficient (Wildman–Crippen LogP) is 1.05. The Labute approximate surface area is 149 Å². The van der Waals surface area contributed by atoms with Gasteiger partial charge < -0.3 is 15.2 Å². The number of hydrogen-bond donors (Lipinski definition) is 2. The molecule has 2 aromatic rings. The minimum Gasteiger partial charge on any atom is -0.506 e. The molecule has 0 aliphatic carbocycles. The molecule has 10 heteroatoms. The fourth-order valence-corrected chi connectivity index (χ4v) is 4.39. The van der Waals surface area contributed by atoms with Crippen LogP contribution < -0.4 is 5.32 Å². The molecule has 1 aliphatic heterocycles. The van der Waals surface area contributed by atoms with Gasteiger partial charge in [0, 0.05) is 18.5 Å². The summed E-state index contributed by atoms with van der Waals surface area (Å²) in [6.45, 7) is 1.23. The largest absolute Gasteiger partial charge is 0.506 e. The molecule has 25 heavy (non-hydrogen) atoms. The third kappa shape index (κ3) is 4.15. The smallest absolute Gasteiger partial charge is 0.243 e. The number of carbonyl (C=O) groups excluding carboxylic acids is 1. The number of carbonyl (C=O) groups is 1. The number of hydrogen-bond acceptors (Lipinski definition) is 7. The second kappa shape index (κ2) is 7.48. The van der Waals surface area contributed by atoms with Crippen LogP contribution in [0.2, 0.25) is 0 Å². The maximum absolute atomic E-state index is 12.7. The molecule has 134 valence electrons. The van der Waals surface area contributed by atoms with E-state index in [1.807, 2.05) is 0 Å². The standard InChI is InChI=1S/C15H17N3O5S2/c19-14-2-1-12(25(21,22)18-3-5-23-6-4-18)8-13(14)17-15(20)7-11-9-24-10-16-11/h1-2,8-10,19H,3-7H2,(H,17,20). The van der Waals surface area contributed by atoms with E-state index in [-0.39, 0.29) is 41.7 Å². The Hall–Kier alpha value is -2.01. The zero-order valence-electron chi connectivity index (χ0n) is 13.2. The number of morpholine rings is 1. The average Bonchev–Trinajstić information content (AvgIpc) is 3.10. The Morgan fingerprint density at radius 3 is 2.80 bits per heavy atom. The van der Waals surface area contributed by atoms with Gasteiger partial charge >= 0.3 is 0 Å². The van der Waals surface area contributed by atoms with Gasteiger partial charge in [-0.25, -0.2) is 13.4 Å². The van der Waals surface area contributed by atoms with Crippen LogP contribution in [0.5, 0.6) is 5.75 Å². The van der Waals surface area contributed by atoms with Gasteiger partial charge in [-0.2, -0.15) is 4.31 Å². The van der Waals surface area contributed by atoms with E-state index >= 15 is 0 Å². The molecule has 2 heterocycles. The van der Waals surface area contributed by atoms with Crippen molar-refractivity contribution in [2.45, 2.75) is 11.3 Å². The molecule has 3 rings (SSSR count). The maximum Gasteiger partial charge on any atom is 0.243 e. The number of phenols is 1. The SMILES string of the molecule is O=C(Cc1cscn1)Nc1cc(S(=O)(=O)N2CCOCC2)ccc1O. The van der Waals surface area contributed by atoms with Crippen LogP contribution in [0.4, 0.5) is 5.69 Å². The van der Waals surface area contributed by atoms with Crippen molar-refractivity contribution in [1.82, 2.24) is 9.29 Å². The quantitative estimate of drug-likeness (QED) is 0.747. The van der Waals surface area contributed by atoms with Gasteiger partial charge in [0.2, 0.25) is 15.9 Å². The number of ether oxygens (including phenoxy) is 1. The number of phenolic OH excluding ortho intramolecular Hbond substituents is 1. The van der Waals surface area contributed by atoms with Crippen LogP contribution in [0.3, 0.4) is 0 Å². The number of aromatic nitrogens is 1. The summed E-state index contributed by atoms with van der Waals surface area (Å²) in [5, 5.41) is 14.2. The van der Waals surface area contributed by atoms with Crippen LogP contribution in [0, 0.1) is 0 Å². The first-order valence-electron chi connectivity index (χ1n) is 7.54. The molecule has 1 aromatic carbocycles. The number of benzene rings is 1. The lowest BCUT2D eigenvalue weighted by Gasteiger charge is -2.26. The van der Waals surface area contributed by atoms with E-state index in [0.29, 0.717) is 18.9 Å². The Morgan fingerprint density at radius 2 is 2.12 bits per heavy atom. The molecule has 0 radical (unpaired) electrons. The molecule has 1 amide bonds. The Balaban J connectivity index is 1.79. The molecular formula is C15H17N3O5S2. The Morgan fingerprint density at radius 1 is 1.36 bits per heavy atom. The van der Waals surface area contributed by atoms with E-state index in [4.69, 9.17) is 4.74 Å². The summed E-state index contributed by atoms with van der Waals surface area (Å²) in [6, 6.07) is 3.83. The third-order valence-corrected chi connectivity index (χ3v) is 6.20. The van der Waals surface area contributed by atoms with Crippen LogP contribution in [0.25, 0.3) is 0 Å². The summed E-state index contributed by atoms with van der Waals surface area (Å²) in [6.07, 6.45) is 0.0450. The molecule has 0 bridgehead atoms. The molecule has 8 nitrogen and oxygen atoms in total. The average molecular weight is 383 g/mol. The number of rotatable bonds is 5. The summed E-state index contributed by atoms with van der Waals surface area (Å²) in [4.78, 5) is 16.1. The van der Waals surface area contributed by atoms with Gasteiger partial charge in [0.25, 0.3) is 0 Å². The first kappa shape index (κ1) is 17.8. The predicted molar refractivity (Wildman–Crippen MR) is 92.1 cm³/mol. The second-order valence-corrected chi connectivity index (χ2v) is 8.06. The van der Waals surface area contributed by atoms with Gasteiger partial charge in [0.05, 0.1) is 41.4 Å². The number of nitrogens with zero attached hydrogens (tertiary/aromatic N) is 2. The number of amides is 1. The first-order valence-corrected chi connectivity index (χ1v) is 9.93. The molecule has 0 atom stereocenters. The van der Waals surface area contributed by atoms with Gasteiger partial charge in [0.15, 0.2) is 0 Å². The van der Waals surface area contributed by atoms with Gasteiger partial charge in [-0.1, -0.05) is 0 Å². The maximum atomic E-state index is 12.7. The third-order valence-electron chi connectivity index (χ3n) is 3.68. The van der Waals surface area contributed by atoms with E-state index in [1.54, 1.807) is 10.9 Å². The summed E-state index contributed by atoms with van der Waals surface area (Å²) < 4.78 is 31.8. The van der Waals surface area contributed by atoms with E-state index in [0.717, 1.165) is 0 Å². The minimum atomic E-state index is -3.71. The number of sulfonamides is 1. The highest BCUT2D eigenvalue weighted by Gasteiger charge is 2.27. The van der Waals surface area contributed by atoms with Gasteiger partial charge in [-0.05, 0) is 18.2 Å². The van der Waals surface area contributed by atoms with Crippen LogP contribution in [0.1, 0.15) is 5.69 Å². The molecule has 1 aliphatic rings. The summed E-state index contributed by atoms with van der Waals surface area (Å²) >= 11 is 1.38. The molecule has 0 unspecified atom stereocenters. The van der Waals surface area contributed by atoms with Crippen molar-refractivity contribution < 1.29 is 23.1 Å². The van der Waals surface area contributed by atoms with Crippen molar-refractivity contribution >= 4 is 33.0 Å². The van der Waals surface area contributed by atoms with Crippen LogP contribution in [-0.2, 0) is 26.0 Å². The van der Waals surface area contributed by atoms with E-state index < -0.39 is 10.0 Å². The van der Waals surface area contributed by atoms with Gasteiger partial charge in [0.1, 0.15) is 5.75 Å². The Kier molecular flexibility index (Phi) is 5.33. The molecule has 1 fully saturated rings. The second-order valence-electron chi connectivity index (χ2n) is 5.40. The fraction of sp³-hybridized carbons (Fsp3) is 0.333. The van der Waals surface area contributed by atoms with Gasteiger partial charge in [-0.3, -0.25) is 4.79 Å². The van der Waals surface area contributed by atoms with E-state index in [2.05, 4.69) is 10.3 Å². The normalized spacial score (nSPS) is 15.8. The Bertz CT molecular complexity index is 846. The first-order chi connectivity index (χ1) is 12.0. The van der Waals surface area contributed by atoms with Crippen LogP contribution in [0.15, 0.2) is 34.0 Å². The zero-order chi connectivity index (χ0) is 17.9. The lowest BCUT2D eigenvalue weighted by molar-refractivity contribution is -0.115. The lowest BCUT2D eigenvalue weighted by atomic mass is 10.2. The van der Waals surface area contributed by atoms with Crippen molar-refractivity contribution in [2.24, 2.45) is 0 Å². The van der Waals surface area contributed by atoms with E-state index in [9.17, 15) is 18.3 Å². The molecule has 0 spiro atoms. The number of thiazole rings is 1. The minimum absolute atomic E-state index is 0.0103. The van der Waals surface area contributed by atoms with Crippen molar-refractivity contribution in [2.75, 3.05) is 31.6 Å². The van der Waals surface area contributed by atoms with Crippen molar-refractivity contribution in [3.8, 4) is 5.75 Å². The summed E-state index contributed by atoms with van der Waals surface area (Å²) in [5.74, 6) is -0.588. The zero-order valence-corrected chi connectivity index (χ0v) is 14.8. The molecule has 2 N–H and O–H groups in total. The highest BCUT2D eigenvalue weighted by atomic mass is 32.2. The van der Waals surface area contributed by atoms with Crippen molar-refractivity contribution in [1.29, 1.82) is 0 Å². The van der Waals surface area contributed by atoms with Crippen molar-refractivity contribution in [3.05, 3.63) is 34.8 Å². The lowest BCUT2D eigenvalue weighted by Crippen LogP contribution is -2.40. The monoisotopic (exact) mass is 383 g/mol. The van der Waals surface area contributed by atoms with Crippen LogP contribution >= 0.6 is 11.3 Å². The molecule has 1 aromatic heterocycles. The van der Waals surface area contributed by atoms with Crippen molar-refractivity contribution in [3.63, 3.8) is 0 Å². The topological polar surface area (TPSA) is 109 Å². The van der Waals surface area contributed by atoms with E-state index in [1.165, 1.54) is 33.8 Å². The molecular weight excluding hydrogens is 366 g/mol. The summed E-state index contributed by atoms with van der Waals surface area (Å²) in [7, 11) is -3.71. The summed E-state index contributed by atoms with van der Waals surface area (Å²) in [5.41, 5.74) is 2.28. The van der Waals surface area contributed by atoms with Crippen LogP contribution in [-0.4, -0.2) is 55.0 Å². The molecule has 0 saturated carbocycles. The fourth-order valence-electron chi connectivity index (χ4n) is 2.40. The number of anilines is 1. The van der Waals surface area contributed by atoms with Gasteiger partial charge in [-0.15, -0.1) is 11.3 Å². The highest BCUT2D eigenvalue weighted by Crippen LogP contribution is 2.28.